The highest BCUT2D eigenvalue weighted by Gasteiger charge is 2.30. The Morgan fingerprint density at radius 1 is 1.12 bits per heavy atom. The Labute approximate surface area is 101 Å². The van der Waals surface area contributed by atoms with Gasteiger partial charge in [0, 0.05) is 6.04 Å². The predicted octanol–water partition coefficient (Wildman–Crippen LogP) is 3.10. The SMILES string of the molecule is CC(C)CCC(C)NCCC1(O)CCCC1. The van der Waals surface area contributed by atoms with Crippen LogP contribution in [0.1, 0.15) is 65.7 Å². The average molecular weight is 227 g/mol. The maximum Gasteiger partial charge on any atom is 0.0659 e. The van der Waals surface area contributed by atoms with E-state index in [1.807, 2.05) is 0 Å². The Morgan fingerprint density at radius 2 is 1.75 bits per heavy atom. The lowest BCUT2D eigenvalue weighted by Crippen LogP contribution is -2.34. The first-order chi connectivity index (χ1) is 7.52. The molecule has 1 fully saturated rings. The van der Waals surface area contributed by atoms with Crippen molar-refractivity contribution in [2.24, 2.45) is 5.92 Å². The monoisotopic (exact) mass is 227 g/mol. The van der Waals surface area contributed by atoms with Crippen LogP contribution in [0.5, 0.6) is 0 Å². The van der Waals surface area contributed by atoms with Crippen LogP contribution in [-0.4, -0.2) is 23.3 Å². The maximum atomic E-state index is 10.2. The minimum absolute atomic E-state index is 0.342. The second kappa shape index (κ2) is 6.61. The van der Waals surface area contributed by atoms with E-state index < -0.39 is 0 Å². The van der Waals surface area contributed by atoms with Crippen molar-refractivity contribution in [1.29, 1.82) is 0 Å². The molecule has 0 radical (unpaired) electrons. The van der Waals surface area contributed by atoms with Crippen LogP contribution in [-0.2, 0) is 0 Å². The molecule has 1 saturated carbocycles. The van der Waals surface area contributed by atoms with Gasteiger partial charge in [0.15, 0.2) is 0 Å². The molecule has 0 bridgehead atoms. The van der Waals surface area contributed by atoms with Crippen LogP contribution >= 0.6 is 0 Å². The Kier molecular flexibility index (Phi) is 5.77. The van der Waals surface area contributed by atoms with Gasteiger partial charge in [0.05, 0.1) is 5.60 Å². The molecule has 96 valence electrons. The molecule has 1 rings (SSSR count). The lowest BCUT2D eigenvalue weighted by molar-refractivity contribution is 0.0385. The fourth-order valence-electron chi connectivity index (χ4n) is 2.52. The number of nitrogens with one attached hydrogen (secondary N) is 1. The minimum Gasteiger partial charge on any atom is -0.390 e. The first kappa shape index (κ1) is 14.0. The van der Waals surface area contributed by atoms with Crippen LogP contribution < -0.4 is 5.32 Å². The fourth-order valence-corrected chi connectivity index (χ4v) is 2.52. The third kappa shape index (κ3) is 5.31. The van der Waals surface area contributed by atoms with Crippen molar-refractivity contribution in [3.8, 4) is 0 Å². The second-order valence-electron chi connectivity index (χ2n) is 6.01. The third-order valence-electron chi connectivity index (χ3n) is 3.79. The number of rotatable bonds is 7. The van der Waals surface area contributed by atoms with E-state index in [1.165, 1.54) is 25.7 Å². The molecular formula is C14H29NO. The van der Waals surface area contributed by atoms with E-state index >= 15 is 0 Å². The molecule has 0 heterocycles. The van der Waals surface area contributed by atoms with E-state index in [4.69, 9.17) is 0 Å². The zero-order valence-corrected chi connectivity index (χ0v) is 11.3. The van der Waals surface area contributed by atoms with Crippen molar-refractivity contribution >= 4 is 0 Å². The standard InChI is InChI=1S/C14H29NO/c1-12(2)6-7-13(3)15-11-10-14(16)8-4-5-9-14/h12-13,15-16H,4-11H2,1-3H3. The van der Waals surface area contributed by atoms with Gasteiger partial charge in [0.2, 0.25) is 0 Å². The molecule has 2 heteroatoms. The molecule has 0 aliphatic heterocycles. The molecule has 0 amide bonds. The molecule has 16 heavy (non-hydrogen) atoms. The van der Waals surface area contributed by atoms with Crippen molar-refractivity contribution in [1.82, 2.24) is 5.32 Å². The van der Waals surface area contributed by atoms with Crippen molar-refractivity contribution in [3.63, 3.8) is 0 Å². The summed E-state index contributed by atoms with van der Waals surface area (Å²) in [5.74, 6) is 0.795. The number of aliphatic hydroxyl groups is 1. The molecule has 1 atom stereocenters. The van der Waals surface area contributed by atoms with Crippen molar-refractivity contribution < 1.29 is 5.11 Å². The summed E-state index contributed by atoms with van der Waals surface area (Å²) in [6.45, 7) is 7.76. The normalized spacial score (nSPS) is 21.6. The minimum atomic E-state index is -0.342. The topological polar surface area (TPSA) is 32.3 Å². The van der Waals surface area contributed by atoms with Gasteiger partial charge >= 0.3 is 0 Å². The highest BCUT2D eigenvalue weighted by Crippen LogP contribution is 2.31. The van der Waals surface area contributed by atoms with Gasteiger partial charge in [-0.05, 0) is 51.5 Å². The average Bonchev–Trinajstić information content (AvgIpc) is 2.62. The third-order valence-corrected chi connectivity index (χ3v) is 3.79. The summed E-state index contributed by atoms with van der Waals surface area (Å²) >= 11 is 0. The van der Waals surface area contributed by atoms with Gasteiger partial charge < -0.3 is 10.4 Å². The molecule has 0 aromatic rings. The summed E-state index contributed by atoms with van der Waals surface area (Å²) in [5, 5.41) is 13.7. The first-order valence-electron chi connectivity index (χ1n) is 6.98. The molecule has 0 aromatic heterocycles. The van der Waals surface area contributed by atoms with Crippen LogP contribution in [0.15, 0.2) is 0 Å². The Bertz CT molecular complexity index is 185. The Morgan fingerprint density at radius 3 is 2.31 bits per heavy atom. The van der Waals surface area contributed by atoms with Crippen LogP contribution in [0.4, 0.5) is 0 Å². The van der Waals surface area contributed by atoms with E-state index in [2.05, 4.69) is 26.1 Å². The zero-order valence-electron chi connectivity index (χ0n) is 11.3. The van der Waals surface area contributed by atoms with Crippen molar-refractivity contribution in [2.75, 3.05) is 6.54 Å². The second-order valence-corrected chi connectivity index (χ2v) is 6.01. The van der Waals surface area contributed by atoms with E-state index in [0.29, 0.717) is 6.04 Å². The highest BCUT2D eigenvalue weighted by molar-refractivity contribution is 4.84. The summed E-state index contributed by atoms with van der Waals surface area (Å²) < 4.78 is 0. The van der Waals surface area contributed by atoms with Gasteiger partial charge in [-0.1, -0.05) is 26.7 Å². The molecule has 1 aliphatic rings. The van der Waals surface area contributed by atoms with Crippen molar-refractivity contribution in [3.05, 3.63) is 0 Å². The predicted molar refractivity (Wildman–Crippen MR) is 69.6 cm³/mol. The van der Waals surface area contributed by atoms with Gasteiger partial charge in [-0.3, -0.25) is 0 Å². The van der Waals surface area contributed by atoms with Crippen LogP contribution in [0.25, 0.3) is 0 Å². The summed E-state index contributed by atoms with van der Waals surface area (Å²) in [4.78, 5) is 0. The first-order valence-corrected chi connectivity index (χ1v) is 6.98. The van der Waals surface area contributed by atoms with Crippen LogP contribution in [0, 0.1) is 5.92 Å². The summed E-state index contributed by atoms with van der Waals surface area (Å²) in [6, 6.07) is 0.590. The van der Waals surface area contributed by atoms with Gasteiger partial charge in [-0.2, -0.15) is 0 Å². The molecule has 2 nitrogen and oxygen atoms in total. The van der Waals surface area contributed by atoms with E-state index in [1.54, 1.807) is 0 Å². The number of hydrogen-bond acceptors (Lipinski definition) is 2. The molecular weight excluding hydrogens is 198 g/mol. The Balaban J connectivity index is 2.05. The fraction of sp³-hybridized carbons (Fsp3) is 1.00. The Hall–Kier alpha value is -0.0800. The maximum absolute atomic E-state index is 10.2. The molecule has 0 saturated heterocycles. The van der Waals surface area contributed by atoms with E-state index in [-0.39, 0.29) is 5.60 Å². The lowest BCUT2D eigenvalue weighted by Gasteiger charge is -2.23. The van der Waals surface area contributed by atoms with Gasteiger partial charge in [-0.15, -0.1) is 0 Å². The molecule has 0 aromatic carbocycles. The molecule has 1 aliphatic carbocycles. The van der Waals surface area contributed by atoms with E-state index in [0.717, 1.165) is 31.7 Å². The number of hydrogen-bond donors (Lipinski definition) is 2. The largest absolute Gasteiger partial charge is 0.390 e. The van der Waals surface area contributed by atoms with Crippen LogP contribution in [0.3, 0.4) is 0 Å². The van der Waals surface area contributed by atoms with Gasteiger partial charge in [0.1, 0.15) is 0 Å². The smallest absolute Gasteiger partial charge is 0.0659 e. The van der Waals surface area contributed by atoms with Gasteiger partial charge in [-0.25, -0.2) is 0 Å². The summed E-state index contributed by atoms with van der Waals surface area (Å²) in [7, 11) is 0. The van der Waals surface area contributed by atoms with Gasteiger partial charge in [0.25, 0.3) is 0 Å². The molecule has 2 N–H and O–H groups in total. The van der Waals surface area contributed by atoms with Crippen molar-refractivity contribution in [2.45, 2.75) is 77.4 Å². The highest BCUT2D eigenvalue weighted by atomic mass is 16.3. The lowest BCUT2D eigenvalue weighted by atomic mass is 9.97. The molecule has 0 spiro atoms. The summed E-state index contributed by atoms with van der Waals surface area (Å²) in [5.41, 5.74) is -0.342. The summed E-state index contributed by atoms with van der Waals surface area (Å²) in [6.07, 6.45) is 7.90. The quantitative estimate of drug-likeness (QED) is 0.700. The zero-order chi connectivity index (χ0) is 12.0. The van der Waals surface area contributed by atoms with E-state index in [9.17, 15) is 5.11 Å². The van der Waals surface area contributed by atoms with Crippen LogP contribution in [0.2, 0.25) is 0 Å². The molecule has 1 unspecified atom stereocenters.